The third-order valence-electron chi connectivity index (χ3n) is 4.47. The van der Waals surface area contributed by atoms with E-state index in [-0.39, 0.29) is 17.7 Å². The summed E-state index contributed by atoms with van der Waals surface area (Å²) in [6.07, 6.45) is 3.73. The van der Waals surface area contributed by atoms with Gasteiger partial charge in [0.05, 0.1) is 0 Å². The molecule has 0 aliphatic carbocycles. The lowest BCUT2D eigenvalue weighted by atomic mass is 9.96. The van der Waals surface area contributed by atoms with Gasteiger partial charge in [0.15, 0.2) is 5.13 Å². The fraction of sp³-hybridized carbons (Fsp3) is 0.389. The van der Waals surface area contributed by atoms with E-state index in [9.17, 15) is 9.59 Å². The second-order valence-electron chi connectivity index (χ2n) is 6.31. The van der Waals surface area contributed by atoms with Crippen molar-refractivity contribution in [2.24, 2.45) is 5.92 Å². The maximum Gasteiger partial charge on any atom is 0.229 e. The van der Waals surface area contributed by atoms with Crippen molar-refractivity contribution in [3.63, 3.8) is 0 Å². The van der Waals surface area contributed by atoms with Crippen LogP contribution in [0, 0.1) is 5.92 Å². The summed E-state index contributed by atoms with van der Waals surface area (Å²) in [5.41, 5.74) is 0.928. The van der Waals surface area contributed by atoms with Crippen LogP contribution in [0.1, 0.15) is 30.2 Å². The Morgan fingerprint density at radius 1 is 1.31 bits per heavy atom. The predicted molar refractivity (Wildman–Crippen MR) is 105 cm³/mol. The second kappa shape index (κ2) is 8.37. The Morgan fingerprint density at radius 3 is 2.73 bits per heavy atom. The molecule has 0 saturated carbocycles. The molecular weight excluding hydrogens is 393 g/mol. The first-order valence-corrected chi connectivity index (χ1v) is 9.94. The highest BCUT2D eigenvalue weighted by Crippen LogP contribution is 2.27. The highest BCUT2D eigenvalue weighted by Gasteiger charge is 2.26. The van der Waals surface area contributed by atoms with Gasteiger partial charge in [-0.3, -0.25) is 9.59 Å². The van der Waals surface area contributed by atoms with Crippen LogP contribution in [0.25, 0.3) is 0 Å². The first-order chi connectivity index (χ1) is 12.4. The number of nitrogens with zero attached hydrogens (tertiary/aromatic N) is 2. The van der Waals surface area contributed by atoms with E-state index in [4.69, 9.17) is 23.2 Å². The maximum absolute atomic E-state index is 12.4. The lowest BCUT2D eigenvalue weighted by Crippen LogP contribution is -2.40. The zero-order chi connectivity index (χ0) is 18.7. The molecule has 0 bridgehead atoms. The summed E-state index contributed by atoms with van der Waals surface area (Å²) < 4.78 is 0. The van der Waals surface area contributed by atoms with Gasteiger partial charge in [0.25, 0.3) is 0 Å². The summed E-state index contributed by atoms with van der Waals surface area (Å²) in [5.74, 6) is -0.0525. The third kappa shape index (κ3) is 4.75. The minimum Gasteiger partial charge on any atom is -0.343 e. The maximum atomic E-state index is 12.4. The number of amides is 2. The smallest absolute Gasteiger partial charge is 0.229 e. The number of likely N-dealkylation sites (tertiary alicyclic amines) is 1. The van der Waals surface area contributed by atoms with E-state index in [2.05, 4.69) is 10.3 Å². The molecule has 138 valence electrons. The molecule has 2 heterocycles. The molecule has 2 amide bonds. The predicted octanol–water partition coefficient (Wildman–Crippen LogP) is 4.24. The van der Waals surface area contributed by atoms with E-state index in [1.165, 1.54) is 11.3 Å². The number of carbonyl (C=O) groups is 2. The normalized spacial score (nSPS) is 15.1. The van der Waals surface area contributed by atoms with Crippen LogP contribution in [0.5, 0.6) is 0 Å². The third-order valence-corrected chi connectivity index (χ3v) is 5.98. The van der Waals surface area contributed by atoms with E-state index in [0.717, 1.165) is 10.4 Å². The van der Waals surface area contributed by atoms with Gasteiger partial charge in [0, 0.05) is 53.5 Å². The largest absolute Gasteiger partial charge is 0.343 e. The number of anilines is 1. The summed E-state index contributed by atoms with van der Waals surface area (Å²) >= 11 is 13.7. The second-order valence-corrected chi connectivity index (χ2v) is 8.27. The standard InChI is InChI=1S/C18H19Cl2N3O2S/c1-11(24)23-6-4-12(5-7-23)17(25)22-18-21-10-15(26-18)9-13-8-14(19)2-3-16(13)20/h2-3,8,10,12H,4-7,9H2,1H3,(H,21,22,25). The topological polar surface area (TPSA) is 62.3 Å². The van der Waals surface area contributed by atoms with Gasteiger partial charge in [-0.05, 0) is 36.6 Å². The summed E-state index contributed by atoms with van der Waals surface area (Å²) in [6.45, 7) is 2.82. The lowest BCUT2D eigenvalue weighted by molar-refractivity contribution is -0.132. The van der Waals surface area contributed by atoms with E-state index >= 15 is 0 Å². The van der Waals surface area contributed by atoms with Crippen molar-refractivity contribution in [3.8, 4) is 0 Å². The highest BCUT2D eigenvalue weighted by molar-refractivity contribution is 7.15. The van der Waals surface area contributed by atoms with Gasteiger partial charge in [0.2, 0.25) is 11.8 Å². The quantitative estimate of drug-likeness (QED) is 0.817. The Hall–Kier alpha value is -1.63. The SMILES string of the molecule is CC(=O)N1CCC(C(=O)Nc2ncc(Cc3cc(Cl)ccc3Cl)s2)CC1. The van der Waals surface area contributed by atoms with Gasteiger partial charge in [-0.25, -0.2) is 4.98 Å². The van der Waals surface area contributed by atoms with Gasteiger partial charge < -0.3 is 10.2 Å². The first kappa shape index (κ1) is 19.1. The molecular formula is C18H19Cl2N3O2S. The molecule has 0 radical (unpaired) electrons. The number of rotatable bonds is 4. The molecule has 26 heavy (non-hydrogen) atoms. The van der Waals surface area contributed by atoms with Crippen LogP contribution in [0.15, 0.2) is 24.4 Å². The van der Waals surface area contributed by atoms with Crippen LogP contribution in [0.2, 0.25) is 10.0 Å². The zero-order valence-electron chi connectivity index (χ0n) is 14.3. The fourth-order valence-corrected chi connectivity index (χ4v) is 4.20. The van der Waals surface area contributed by atoms with Gasteiger partial charge >= 0.3 is 0 Å². The number of carbonyl (C=O) groups excluding carboxylic acids is 2. The Bertz CT molecular complexity index is 817. The lowest BCUT2D eigenvalue weighted by Gasteiger charge is -2.30. The molecule has 0 spiro atoms. The summed E-state index contributed by atoms with van der Waals surface area (Å²) in [6, 6.07) is 5.37. The summed E-state index contributed by atoms with van der Waals surface area (Å²) in [7, 11) is 0. The molecule has 1 aliphatic rings. The van der Waals surface area contributed by atoms with Crippen molar-refractivity contribution in [2.45, 2.75) is 26.2 Å². The number of aromatic nitrogens is 1. The molecule has 5 nitrogen and oxygen atoms in total. The van der Waals surface area contributed by atoms with Crippen molar-refractivity contribution >= 4 is 51.5 Å². The Labute approximate surface area is 166 Å². The van der Waals surface area contributed by atoms with Crippen LogP contribution >= 0.6 is 34.5 Å². The Kier molecular flexibility index (Phi) is 6.16. The average Bonchev–Trinajstić information content (AvgIpc) is 3.05. The molecule has 1 saturated heterocycles. The Balaban J connectivity index is 1.57. The molecule has 1 fully saturated rings. The Morgan fingerprint density at radius 2 is 2.04 bits per heavy atom. The van der Waals surface area contributed by atoms with Crippen molar-refractivity contribution in [2.75, 3.05) is 18.4 Å². The van der Waals surface area contributed by atoms with E-state index < -0.39 is 0 Å². The molecule has 1 N–H and O–H groups in total. The number of halogens is 2. The van der Waals surface area contributed by atoms with Gasteiger partial charge in [-0.2, -0.15) is 0 Å². The number of benzene rings is 1. The molecule has 3 rings (SSSR count). The van der Waals surface area contributed by atoms with Crippen molar-refractivity contribution < 1.29 is 9.59 Å². The number of nitrogens with one attached hydrogen (secondary N) is 1. The van der Waals surface area contributed by atoms with E-state index in [0.29, 0.717) is 47.5 Å². The minimum atomic E-state index is -0.0830. The molecule has 0 atom stereocenters. The van der Waals surface area contributed by atoms with Crippen LogP contribution in [-0.2, 0) is 16.0 Å². The van der Waals surface area contributed by atoms with Crippen LogP contribution in [-0.4, -0.2) is 34.8 Å². The summed E-state index contributed by atoms with van der Waals surface area (Å²) in [4.78, 5) is 30.8. The minimum absolute atomic E-state index is 0.0325. The number of hydrogen-bond donors (Lipinski definition) is 1. The first-order valence-electron chi connectivity index (χ1n) is 8.37. The molecule has 1 aromatic carbocycles. The van der Waals surface area contributed by atoms with Crippen LogP contribution in [0.4, 0.5) is 5.13 Å². The summed E-state index contributed by atoms with van der Waals surface area (Å²) in [5, 5.41) is 4.77. The number of thiazole rings is 1. The van der Waals surface area contributed by atoms with Crippen molar-refractivity contribution in [3.05, 3.63) is 44.9 Å². The number of piperidine rings is 1. The van der Waals surface area contributed by atoms with Gasteiger partial charge in [-0.15, -0.1) is 11.3 Å². The monoisotopic (exact) mass is 411 g/mol. The van der Waals surface area contributed by atoms with E-state index in [1.807, 2.05) is 6.07 Å². The van der Waals surface area contributed by atoms with Crippen molar-refractivity contribution in [1.82, 2.24) is 9.88 Å². The molecule has 2 aromatic rings. The van der Waals surface area contributed by atoms with E-state index in [1.54, 1.807) is 30.2 Å². The van der Waals surface area contributed by atoms with Gasteiger partial charge in [0.1, 0.15) is 0 Å². The molecule has 1 aliphatic heterocycles. The molecule has 1 aromatic heterocycles. The fourth-order valence-electron chi connectivity index (χ4n) is 2.98. The molecule has 8 heteroatoms. The number of hydrogen-bond acceptors (Lipinski definition) is 4. The highest BCUT2D eigenvalue weighted by atomic mass is 35.5. The zero-order valence-corrected chi connectivity index (χ0v) is 16.6. The van der Waals surface area contributed by atoms with Gasteiger partial charge in [-0.1, -0.05) is 23.2 Å². The molecule has 0 unspecified atom stereocenters. The van der Waals surface area contributed by atoms with Crippen LogP contribution in [0.3, 0.4) is 0 Å². The van der Waals surface area contributed by atoms with Crippen molar-refractivity contribution in [1.29, 1.82) is 0 Å². The van der Waals surface area contributed by atoms with Crippen LogP contribution < -0.4 is 5.32 Å². The average molecular weight is 412 g/mol.